The van der Waals surface area contributed by atoms with Gasteiger partial charge in [0.25, 0.3) is 5.91 Å². The van der Waals surface area contributed by atoms with Crippen LogP contribution in [-0.4, -0.2) is 45.1 Å². The third-order valence-electron chi connectivity index (χ3n) is 4.92. The number of rotatable bonds is 6. The fourth-order valence-corrected chi connectivity index (χ4v) is 3.22. The lowest BCUT2D eigenvalue weighted by molar-refractivity contribution is -0.124. The third kappa shape index (κ3) is 5.12. The maximum Gasteiger partial charge on any atom is 0.267 e. The summed E-state index contributed by atoms with van der Waals surface area (Å²) < 4.78 is 0. The molecule has 1 aliphatic heterocycles. The van der Waals surface area contributed by atoms with Crippen LogP contribution in [0.2, 0.25) is 0 Å². The summed E-state index contributed by atoms with van der Waals surface area (Å²) in [5.41, 5.74) is 6.18. The van der Waals surface area contributed by atoms with Crippen LogP contribution in [0.15, 0.2) is 36.7 Å². The molecule has 142 valence electrons. The van der Waals surface area contributed by atoms with Gasteiger partial charge in [0.05, 0.1) is 18.1 Å². The van der Waals surface area contributed by atoms with Gasteiger partial charge in [0.15, 0.2) is 0 Å². The highest BCUT2D eigenvalue weighted by Gasteiger charge is 2.23. The van der Waals surface area contributed by atoms with Gasteiger partial charge in [0.1, 0.15) is 5.82 Å². The average molecular weight is 367 g/mol. The van der Waals surface area contributed by atoms with E-state index in [2.05, 4.69) is 52.2 Å². The molecule has 0 aliphatic carbocycles. The molecule has 7 nitrogen and oxygen atoms in total. The second-order valence-corrected chi connectivity index (χ2v) is 6.86. The highest BCUT2D eigenvalue weighted by molar-refractivity contribution is 5.90. The molecule has 1 saturated heterocycles. The number of nitrogens with zero attached hydrogens (tertiary/aromatic N) is 3. The van der Waals surface area contributed by atoms with E-state index in [9.17, 15) is 4.79 Å². The number of hydrogen-bond acceptors (Lipinski definition) is 6. The first kappa shape index (κ1) is 19.0. The Balaban J connectivity index is 1.53. The van der Waals surface area contributed by atoms with E-state index in [1.165, 1.54) is 34.3 Å². The maximum atomic E-state index is 11.0. The Kier molecular flexibility index (Phi) is 6.16. The maximum absolute atomic E-state index is 11.0. The van der Waals surface area contributed by atoms with E-state index in [1.807, 2.05) is 0 Å². The zero-order chi connectivity index (χ0) is 19.2. The van der Waals surface area contributed by atoms with Crippen molar-refractivity contribution >= 4 is 17.8 Å². The van der Waals surface area contributed by atoms with E-state index in [0.29, 0.717) is 11.7 Å². The molecule has 1 aromatic heterocycles. The first-order chi connectivity index (χ1) is 13.0. The van der Waals surface area contributed by atoms with Crippen molar-refractivity contribution in [3.05, 3.63) is 59.1 Å². The molecule has 1 aliphatic rings. The number of nitrogens with one attached hydrogen (secondary N) is 2. The number of hydroxylamine groups is 1. The third-order valence-corrected chi connectivity index (χ3v) is 4.92. The van der Waals surface area contributed by atoms with Gasteiger partial charge in [-0.25, -0.2) is 10.5 Å². The molecule has 3 N–H and O–H groups in total. The second-order valence-electron chi connectivity index (χ2n) is 6.86. The van der Waals surface area contributed by atoms with Crippen LogP contribution in [0.4, 0.5) is 5.82 Å². The topological polar surface area (TPSA) is 90.4 Å². The number of likely N-dealkylation sites (tertiary alicyclic amines) is 1. The van der Waals surface area contributed by atoms with Gasteiger partial charge < -0.3 is 5.32 Å². The van der Waals surface area contributed by atoms with Crippen molar-refractivity contribution in [3.63, 3.8) is 0 Å². The summed E-state index contributed by atoms with van der Waals surface area (Å²) in [4.78, 5) is 22.0. The zero-order valence-corrected chi connectivity index (χ0v) is 15.6. The standard InChI is InChI=1S/C20H25N5O2/c1-14-4-3-5-16(15(14)2)12-25-9-8-18(13-25)23-19-11-21-17(10-22-19)6-7-20(26)24-27/h3-7,10-11,18,27H,8-9,12-13H2,1-2H3,(H,22,23)(H,24,26)/t18-/m1/s1. The molecule has 1 fully saturated rings. The molecule has 1 atom stereocenters. The summed E-state index contributed by atoms with van der Waals surface area (Å²) in [5, 5.41) is 11.9. The minimum Gasteiger partial charge on any atom is -0.365 e. The summed E-state index contributed by atoms with van der Waals surface area (Å²) in [6, 6.07) is 6.82. The molecule has 27 heavy (non-hydrogen) atoms. The van der Waals surface area contributed by atoms with Crippen molar-refractivity contribution in [3.8, 4) is 0 Å². The molecular formula is C20H25N5O2. The largest absolute Gasteiger partial charge is 0.365 e. The molecule has 1 aromatic carbocycles. The Morgan fingerprint density at radius 1 is 1.33 bits per heavy atom. The SMILES string of the molecule is Cc1cccc(CN2CC[C@@H](Nc3cnc(C=CC(=O)NO)cn3)C2)c1C. The lowest BCUT2D eigenvalue weighted by Crippen LogP contribution is -2.26. The van der Waals surface area contributed by atoms with Gasteiger partial charge >= 0.3 is 0 Å². The lowest BCUT2D eigenvalue weighted by atomic mass is 10.0. The molecule has 3 rings (SSSR count). The van der Waals surface area contributed by atoms with E-state index < -0.39 is 5.91 Å². The molecule has 2 aromatic rings. The summed E-state index contributed by atoms with van der Waals surface area (Å²) in [5.74, 6) is 0.117. The summed E-state index contributed by atoms with van der Waals surface area (Å²) in [6.45, 7) is 7.32. The number of aryl methyl sites for hydroxylation is 1. The molecule has 0 unspecified atom stereocenters. The fourth-order valence-electron chi connectivity index (χ4n) is 3.22. The number of carbonyl (C=O) groups is 1. The van der Waals surface area contributed by atoms with E-state index >= 15 is 0 Å². The van der Waals surface area contributed by atoms with Crippen molar-refractivity contribution in [2.75, 3.05) is 18.4 Å². The Hall–Kier alpha value is -2.77. The number of amides is 1. The fraction of sp³-hybridized carbons (Fsp3) is 0.350. The van der Waals surface area contributed by atoms with Gasteiger partial charge in [-0.05, 0) is 43.0 Å². The second kappa shape index (κ2) is 8.75. The summed E-state index contributed by atoms with van der Waals surface area (Å²) >= 11 is 0. The minimum atomic E-state index is -0.603. The van der Waals surface area contributed by atoms with E-state index in [1.54, 1.807) is 12.4 Å². The normalized spacial score (nSPS) is 17.4. The van der Waals surface area contributed by atoms with Crippen LogP contribution in [0.1, 0.15) is 28.8 Å². The van der Waals surface area contributed by atoms with Crippen LogP contribution >= 0.6 is 0 Å². The van der Waals surface area contributed by atoms with Crippen LogP contribution in [-0.2, 0) is 11.3 Å². The Morgan fingerprint density at radius 2 is 2.19 bits per heavy atom. The minimum absolute atomic E-state index is 0.339. The lowest BCUT2D eigenvalue weighted by Gasteiger charge is -2.19. The molecule has 0 radical (unpaired) electrons. The van der Waals surface area contributed by atoms with Crippen molar-refractivity contribution < 1.29 is 10.0 Å². The van der Waals surface area contributed by atoms with Crippen molar-refractivity contribution in [1.82, 2.24) is 20.3 Å². The molecule has 2 heterocycles. The van der Waals surface area contributed by atoms with E-state index in [-0.39, 0.29) is 0 Å². The number of anilines is 1. The predicted molar refractivity (Wildman–Crippen MR) is 104 cm³/mol. The molecule has 0 bridgehead atoms. The van der Waals surface area contributed by atoms with Gasteiger partial charge in [0.2, 0.25) is 0 Å². The summed E-state index contributed by atoms with van der Waals surface area (Å²) in [7, 11) is 0. The monoisotopic (exact) mass is 367 g/mol. The van der Waals surface area contributed by atoms with Gasteiger partial charge in [-0.2, -0.15) is 0 Å². The number of aromatic nitrogens is 2. The molecule has 0 saturated carbocycles. The molecule has 7 heteroatoms. The zero-order valence-electron chi connectivity index (χ0n) is 15.6. The first-order valence-electron chi connectivity index (χ1n) is 9.03. The first-order valence-corrected chi connectivity index (χ1v) is 9.03. The van der Waals surface area contributed by atoms with Crippen molar-refractivity contribution in [2.24, 2.45) is 0 Å². The number of benzene rings is 1. The van der Waals surface area contributed by atoms with Crippen LogP contribution in [0.25, 0.3) is 6.08 Å². The Labute approximate surface area is 159 Å². The van der Waals surface area contributed by atoms with Crippen LogP contribution in [0.5, 0.6) is 0 Å². The molecular weight excluding hydrogens is 342 g/mol. The van der Waals surface area contributed by atoms with Crippen molar-refractivity contribution in [2.45, 2.75) is 32.9 Å². The highest BCUT2D eigenvalue weighted by Crippen LogP contribution is 2.20. The predicted octanol–water partition coefficient (Wildman–Crippen LogP) is 2.30. The van der Waals surface area contributed by atoms with Crippen LogP contribution in [0.3, 0.4) is 0 Å². The Bertz CT molecular complexity index is 820. The van der Waals surface area contributed by atoms with Crippen LogP contribution < -0.4 is 10.8 Å². The molecule has 1 amide bonds. The van der Waals surface area contributed by atoms with Gasteiger partial charge in [-0.3, -0.25) is 19.9 Å². The van der Waals surface area contributed by atoms with Gasteiger partial charge in [-0.15, -0.1) is 0 Å². The summed E-state index contributed by atoms with van der Waals surface area (Å²) in [6.07, 6.45) is 6.99. The number of hydrogen-bond donors (Lipinski definition) is 3. The van der Waals surface area contributed by atoms with E-state index in [4.69, 9.17) is 5.21 Å². The Morgan fingerprint density at radius 3 is 2.93 bits per heavy atom. The average Bonchev–Trinajstić information content (AvgIpc) is 3.11. The van der Waals surface area contributed by atoms with Crippen LogP contribution in [0, 0.1) is 13.8 Å². The van der Waals surface area contributed by atoms with E-state index in [0.717, 1.165) is 31.9 Å². The smallest absolute Gasteiger partial charge is 0.267 e. The van der Waals surface area contributed by atoms with Crippen molar-refractivity contribution in [1.29, 1.82) is 0 Å². The highest BCUT2D eigenvalue weighted by atomic mass is 16.5. The molecule has 0 spiro atoms. The quantitative estimate of drug-likeness (QED) is 0.412. The number of carbonyl (C=O) groups excluding carboxylic acids is 1. The van der Waals surface area contributed by atoms with Gasteiger partial charge in [-0.1, -0.05) is 18.2 Å². The van der Waals surface area contributed by atoms with Gasteiger partial charge in [0, 0.05) is 31.8 Å².